The van der Waals surface area contributed by atoms with Crippen LogP contribution in [0.5, 0.6) is 0 Å². The van der Waals surface area contributed by atoms with Gasteiger partial charge < -0.3 is 15.1 Å². The molecule has 1 aromatic heterocycles. The fraction of sp³-hybridized carbons (Fsp3) is 0.533. The molecule has 0 spiro atoms. The Labute approximate surface area is 133 Å². The summed E-state index contributed by atoms with van der Waals surface area (Å²) in [6, 6.07) is 3.22. The van der Waals surface area contributed by atoms with Gasteiger partial charge in [0.05, 0.1) is 4.88 Å². The number of piperidine rings is 1. The quantitative estimate of drug-likeness (QED) is 0.905. The second-order valence-corrected chi connectivity index (χ2v) is 6.58. The van der Waals surface area contributed by atoms with Crippen molar-refractivity contribution in [2.75, 3.05) is 6.54 Å². The van der Waals surface area contributed by atoms with E-state index in [1.165, 1.54) is 11.3 Å². The fourth-order valence-electron chi connectivity index (χ4n) is 2.79. The Bertz CT molecular complexity index is 585. The third kappa shape index (κ3) is 3.14. The molecule has 2 amide bonds. The zero-order valence-electron chi connectivity index (χ0n) is 12.4. The summed E-state index contributed by atoms with van der Waals surface area (Å²) < 4.78 is 0. The number of nitrogens with one attached hydrogen (secondary N) is 1. The minimum absolute atomic E-state index is 0.00879. The van der Waals surface area contributed by atoms with E-state index in [1.807, 2.05) is 18.4 Å². The highest BCUT2D eigenvalue weighted by atomic mass is 32.1. The van der Waals surface area contributed by atoms with E-state index in [2.05, 4.69) is 10.5 Å². The topological polar surface area (TPSA) is 71.0 Å². The average Bonchev–Trinajstić information content (AvgIpc) is 3.18. The fourth-order valence-corrected chi connectivity index (χ4v) is 3.47. The van der Waals surface area contributed by atoms with E-state index in [9.17, 15) is 9.59 Å². The van der Waals surface area contributed by atoms with Gasteiger partial charge in [-0.25, -0.2) is 0 Å². The second-order valence-electron chi connectivity index (χ2n) is 5.63. The number of likely N-dealkylation sites (tertiary alicyclic amines) is 1. The van der Waals surface area contributed by atoms with Crippen molar-refractivity contribution in [3.8, 4) is 0 Å². The molecule has 118 valence electrons. The van der Waals surface area contributed by atoms with Crippen LogP contribution in [0.3, 0.4) is 0 Å². The van der Waals surface area contributed by atoms with Gasteiger partial charge in [-0.1, -0.05) is 11.2 Å². The summed E-state index contributed by atoms with van der Waals surface area (Å²) >= 11 is 1.40. The highest BCUT2D eigenvalue weighted by Gasteiger charge is 2.34. The lowest BCUT2D eigenvalue weighted by Crippen LogP contribution is -2.52. The van der Waals surface area contributed by atoms with E-state index in [-0.39, 0.29) is 17.9 Å². The van der Waals surface area contributed by atoms with E-state index in [0.717, 1.165) is 12.8 Å². The third-order valence-electron chi connectivity index (χ3n) is 3.89. The molecule has 0 bridgehead atoms. The van der Waals surface area contributed by atoms with Crippen molar-refractivity contribution < 1.29 is 14.4 Å². The number of carbonyl (C=O) groups excluding carboxylic acids is 2. The van der Waals surface area contributed by atoms with E-state index >= 15 is 0 Å². The predicted octanol–water partition coefficient (Wildman–Crippen LogP) is 1.98. The normalized spacial score (nSPS) is 24.6. The van der Waals surface area contributed by atoms with E-state index in [1.54, 1.807) is 11.0 Å². The van der Waals surface area contributed by atoms with Gasteiger partial charge in [0.15, 0.2) is 5.84 Å². The minimum Gasteiger partial charge on any atom is -0.391 e. The van der Waals surface area contributed by atoms with Gasteiger partial charge in [0.1, 0.15) is 12.1 Å². The van der Waals surface area contributed by atoms with Crippen molar-refractivity contribution in [3.05, 3.63) is 22.4 Å². The first-order valence-electron chi connectivity index (χ1n) is 7.53. The molecule has 22 heavy (non-hydrogen) atoms. The zero-order valence-corrected chi connectivity index (χ0v) is 13.3. The van der Waals surface area contributed by atoms with Crippen molar-refractivity contribution in [2.24, 2.45) is 5.16 Å². The summed E-state index contributed by atoms with van der Waals surface area (Å²) in [7, 11) is 0. The Hall–Kier alpha value is -1.89. The molecule has 2 unspecified atom stereocenters. The molecule has 0 aliphatic carbocycles. The molecule has 7 heteroatoms. The van der Waals surface area contributed by atoms with E-state index in [4.69, 9.17) is 4.84 Å². The number of hydrogen-bond donors (Lipinski definition) is 1. The standard InChI is InChI=1S/C15H19N3O3S/c1-10-9-13(17-21-10)16-14(19)11-5-2-3-7-18(11)15(20)12-6-4-8-22-12/h4,6,8,10-11H,2-3,5,7,9H2,1H3,(H,16,17,19). The number of oxime groups is 1. The molecule has 2 aliphatic heterocycles. The SMILES string of the molecule is CC1CC(NC(=O)C2CCCCN2C(=O)c2cccs2)=NO1. The first-order chi connectivity index (χ1) is 10.6. The van der Waals surface area contributed by atoms with Gasteiger partial charge in [0, 0.05) is 13.0 Å². The van der Waals surface area contributed by atoms with Crippen molar-refractivity contribution in [1.29, 1.82) is 0 Å². The predicted molar refractivity (Wildman–Crippen MR) is 83.7 cm³/mol. The van der Waals surface area contributed by atoms with Crippen molar-refractivity contribution in [2.45, 2.75) is 44.8 Å². The van der Waals surface area contributed by atoms with Gasteiger partial charge in [-0.15, -0.1) is 11.3 Å². The summed E-state index contributed by atoms with van der Waals surface area (Å²) in [5.74, 6) is 0.320. The van der Waals surface area contributed by atoms with Crippen LogP contribution in [0.15, 0.2) is 22.7 Å². The van der Waals surface area contributed by atoms with Crippen LogP contribution in [-0.4, -0.2) is 41.2 Å². The van der Waals surface area contributed by atoms with Gasteiger partial charge in [-0.05, 0) is 37.6 Å². The lowest BCUT2D eigenvalue weighted by atomic mass is 10.0. The molecule has 2 atom stereocenters. The highest BCUT2D eigenvalue weighted by Crippen LogP contribution is 2.22. The average molecular weight is 321 g/mol. The van der Waals surface area contributed by atoms with Crippen LogP contribution < -0.4 is 5.32 Å². The molecule has 3 rings (SSSR count). The number of carbonyl (C=O) groups is 2. The van der Waals surface area contributed by atoms with Crippen molar-refractivity contribution in [1.82, 2.24) is 10.2 Å². The van der Waals surface area contributed by atoms with Crippen LogP contribution in [0.1, 0.15) is 42.3 Å². The summed E-state index contributed by atoms with van der Waals surface area (Å²) in [5.41, 5.74) is 0. The van der Waals surface area contributed by atoms with Crippen molar-refractivity contribution in [3.63, 3.8) is 0 Å². The molecular weight excluding hydrogens is 302 g/mol. The maximum Gasteiger partial charge on any atom is 0.264 e. The molecule has 0 saturated carbocycles. The number of thiophene rings is 1. The maximum absolute atomic E-state index is 12.6. The Balaban J connectivity index is 1.69. The summed E-state index contributed by atoms with van der Waals surface area (Å²) in [6.07, 6.45) is 3.16. The Morgan fingerprint density at radius 3 is 3.00 bits per heavy atom. The second kappa shape index (κ2) is 6.48. The van der Waals surface area contributed by atoms with Gasteiger partial charge in [-0.2, -0.15) is 0 Å². The maximum atomic E-state index is 12.6. The number of amidine groups is 1. The third-order valence-corrected chi connectivity index (χ3v) is 4.75. The van der Waals surface area contributed by atoms with Gasteiger partial charge in [-0.3, -0.25) is 9.59 Å². The lowest BCUT2D eigenvalue weighted by Gasteiger charge is -2.34. The highest BCUT2D eigenvalue weighted by molar-refractivity contribution is 7.12. The first kappa shape index (κ1) is 15.0. The minimum atomic E-state index is -0.429. The molecule has 0 aromatic carbocycles. The number of hydrogen-bond acceptors (Lipinski definition) is 5. The number of amides is 2. The van der Waals surface area contributed by atoms with Crippen LogP contribution in [0.25, 0.3) is 0 Å². The van der Waals surface area contributed by atoms with E-state index in [0.29, 0.717) is 30.1 Å². The number of rotatable bonds is 2. The van der Waals surface area contributed by atoms with Crippen LogP contribution >= 0.6 is 11.3 Å². The molecule has 1 aromatic rings. The van der Waals surface area contributed by atoms with E-state index < -0.39 is 6.04 Å². The monoisotopic (exact) mass is 321 g/mol. The summed E-state index contributed by atoms with van der Waals surface area (Å²) in [5, 5.41) is 8.53. The molecule has 3 heterocycles. The van der Waals surface area contributed by atoms with Gasteiger partial charge in [0.2, 0.25) is 5.91 Å². The van der Waals surface area contributed by atoms with Crippen LogP contribution in [-0.2, 0) is 9.63 Å². The van der Waals surface area contributed by atoms with Gasteiger partial charge >= 0.3 is 0 Å². The van der Waals surface area contributed by atoms with Crippen LogP contribution in [0.2, 0.25) is 0 Å². The van der Waals surface area contributed by atoms with Crippen LogP contribution in [0, 0.1) is 0 Å². The Morgan fingerprint density at radius 1 is 1.45 bits per heavy atom. The van der Waals surface area contributed by atoms with Crippen LogP contribution in [0.4, 0.5) is 0 Å². The molecule has 6 nitrogen and oxygen atoms in total. The molecule has 1 N–H and O–H groups in total. The Morgan fingerprint density at radius 2 is 2.32 bits per heavy atom. The zero-order chi connectivity index (χ0) is 15.5. The molecule has 0 radical (unpaired) electrons. The number of nitrogens with zero attached hydrogens (tertiary/aromatic N) is 2. The molecule has 1 fully saturated rings. The summed E-state index contributed by atoms with van der Waals surface area (Å²) in [4.78, 5) is 32.5. The van der Waals surface area contributed by atoms with Crippen molar-refractivity contribution >= 4 is 29.0 Å². The lowest BCUT2D eigenvalue weighted by molar-refractivity contribution is -0.125. The first-order valence-corrected chi connectivity index (χ1v) is 8.41. The molecule has 1 saturated heterocycles. The molecular formula is C15H19N3O3S. The van der Waals surface area contributed by atoms with Gasteiger partial charge in [0.25, 0.3) is 5.91 Å². The Kier molecular flexibility index (Phi) is 4.42. The summed E-state index contributed by atoms with van der Waals surface area (Å²) in [6.45, 7) is 2.52. The molecule has 2 aliphatic rings. The smallest absolute Gasteiger partial charge is 0.264 e. The largest absolute Gasteiger partial charge is 0.391 e.